The Labute approximate surface area is 143 Å². The van der Waals surface area contributed by atoms with Crippen molar-refractivity contribution in [2.45, 2.75) is 20.0 Å². The van der Waals surface area contributed by atoms with Crippen LogP contribution in [0.2, 0.25) is 0 Å². The second-order valence-electron chi connectivity index (χ2n) is 4.78. The number of ether oxygens (including phenoxy) is 1. The lowest BCUT2D eigenvalue weighted by molar-refractivity contribution is 0.304. The molecule has 112 valence electrons. The highest BCUT2D eigenvalue weighted by molar-refractivity contribution is 9.11. The highest BCUT2D eigenvalue weighted by Crippen LogP contribution is 2.28. The Bertz CT molecular complexity index is 570. The smallest absolute Gasteiger partial charge is 0.134 e. The van der Waals surface area contributed by atoms with Gasteiger partial charge in [-0.2, -0.15) is 0 Å². The van der Waals surface area contributed by atoms with Crippen molar-refractivity contribution in [3.63, 3.8) is 0 Å². The Morgan fingerprint density at radius 1 is 1.00 bits per heavy atom. The first-order valence-electron chi connectivity index (χ1n) is 7.05. The highest BCUT2D eigenvalue weighted by atomic mass is 79.9. The van der Waals surface area contributed by atoms with Gasteiger partial charge in [0.15, 0.2) is 0 Å². The molecule has 0 spiro atoms. The minimum atomic E-state index is 0.577. The predicted molar refractivity (Wildman–Crippen MR) is 94.9 cm³/mol. The van der Waals surface area contributed by atoms with Crippen molar-refractivity contribution in [3.05, 3.63) is 62.5 Å². The van der Waals surface area contributed by atoms with Crippen LogP contribution in [0.4, 0.5) is 0 Å². The van der Waals surface area contributed by atoms with E-state index in [2.05, 4.69) is 68.4 Å². The third-order valence-corrected chi connectivity index (χ3v) is 4.26. The molecule has 0 aliphatic rings. The van der Waals surface area contributed by atoms with Crippen LogP contribution in [0.1, 0.15) is 18.1 Å². The minimum absolute atomic E-state index is 0.577. The lowest BCUT2D eigenvalue weighted by atomic mass is 10.1. The summed E-state index contributed by atoms with van der Waals surface area (Å²) >= 11 is 6.94. The molecule has 0 heterocycles. The summed E-state index contributed by atoms with van der Waals surface area (Å²) in [5.41, 5.74) is 2.53. The summed E-state index contributed by atoms with van der Waals surface area (Å²) in [6.07, 6.45) is 1.06. The average molecular weight is 413 g/mol. The molecule has 0 saturated heterocycles. The van der Waals surface area contributed by atoms with Gasteiger partial charge in [-0.05, 0) is 64.8 Å². The van der Waals surface area contributed by atoms with Crippen molar-refractivity contribution in [3.8, 4) is 5.75 Å². The van der Waals surface area contributed by atoms with E-state index in [0.29, 0.717) is 6.61 Å². The van der Waals surface area contributed by atoms with Gasteiger partial charge in [0, 0.05) is 4.47 Å². The van der Waals surface area contributed by atoms with Gasteiger partial charge in [-0.1, -0.05) is 47.1 Å². The lowest BCUT2D eigenvalue weighted by Gasteiger charge is -2.09. The number of likely N-dealkylation sites (N-methyl/N-ethyl adjacent to an activating group) is 1. The van der Waals surface area contributed by atoms with E-state index in [1.165, 1.54) is 11.1 Å². The molecule has 1 N–H and O–H groups in total. The molecule has 2 aromatic carbocycles. The molecule has 4 heteroatoms. The molecule has 2 aromatic rings. The van der Waals surface area contributed by atoms with Gasteiger partial charge >= 0.3 is 0 Å². The van der Waals surface area contributed by atoms with Gasteiger partial charge in [-0.15, -0.1) is 0 Å². The van der Waals surface area contributed by atoms with Crippen LogP contribution >= 0.6 is 31.9 Å². The Hall–Kier alpha value is -0.840. The van der Waals surface area contributed by atoms with Crippen LogP contribution < -0.4 is 10.1 Å². The van der Waals surface area contributed by atoms with E-state index in [9.17, 15) is 0 Å². The van der Waals surface area contributed by atoms with E-state index < -0.39 is 0 Å². The predicted octanol–water partition coefficient (Wildman–Crippen LogP) is 4.94. The number of benzene rings is 2. The van der Waals surface area contributed by atoms with Gasteiger partial charge < -0.3 is 10.1 Å². The Balaban J connectivity index is 1.88. The third kappa shape index (κ3) is 5.46. The zero-order valence-corrected chi connectivity index (χ0v) is 15.2. The van der Waals surface area contributed by atoms with Crippen LogP contribution in [0.25, 0.3) is 0 Å². The van der Waals surface area contributed by atoms with Crippen molar-refractivity contribution in [2.75, 3.05) is 13.1 Å². The largest absolute Gasteiger partial charge is 0.488 e. The molecule has 0 bridgehead atoms. The van der Waals surface area contributed by atoms with Crippen LogP contribution in [0.3, 0.4) is 0 Å². The maximum absolute atomic E-state index is 5.84. The summed E-state index contributed by atoms with van der Waals surface area (Å²) in [5.74, 6) is 0.856. The van der Waals surface area contributed by atoms with Crippen molar-refractivity contribution in [1.29, 1.82) is 0 Å². The van der Waals surface area contributed by atoms with E-state index in [1.54, 1.807) is 0 Å². The van der Waals surface area contributed by atoms with Gasteiger partial charge in [-0.25, -0.2) is 0 Å². The summed E-state index contributed by atoms with van der Waals surface area (Å²) in [6.45, 7) is 4.75. The van der Waals surface area contributed by atoms with Gasteiger partial charge in [-0.3, -0.25) is 0 Å². The molecule has 0 aliphatic heterocycles. The Morgan fingerprint density at radius 2 is 1.71 bits per heavy atom. The molecule has 2 rings (SSSR count). The van der Waals surface area contributed by atoms with E-state index in [4.69, 9.17) is 4.74 Å². The zero-order valence-electron chi connectivity index (χ0n) is 12.0. The fourth-order valence-corrected chi connectivity index (χ4v) is 3.13. The van der Waals surface area contributed by atoms with Gasteiger partial charge in [0.25, 0.3) is 0 Å². The van der Waals surface area contributed by atoms with Crippen LogP contribution in [0.15, 0.2) is 51.4 Å². The van der Waals surface area contributed by atoms with E-state index in [1.807, 2.05) is 18.2 Å². The first-order valence-corrected chi connectivity index (χ1v) is 8.64. The van der Waals surface area contributed by atoms with Crippen molar-refractivity contribution < 1.29 is 4.74 Å². The molecule has 0 atom stereocenters. The minimum Gasteiger partial charge on any atom is -0.488 e. The number of nitrogens with one attached hydrogen (secondary N) is 1. The number of hydrogen-bond donors (Lipinski definition) is 1. The Kier molecular flexibility index (Phi) is 6.74. The van der Waals surface area contributed by atoms with Gasteiger partial charge in [0.2, 0.25) is 0 Å². The van der Waals surface area contributed by atoms with Crippen LogP contribution in [-0.4, -0.2) is 13.1 Å². The maximum Gasteiger partial charge on any atom is 0.134 e. The summed E-state index contributed by atoms with van der Waals surface area (Å²) in [4.78, 5) is 0. The van der Waals surface area contributed by atoms with Crippen molar-refractivity contribution in [1.82, 2.24) is 5.32 Å². The molecule has 0 unspecified atom stereocenters. The van der Waals surface area contributed by atoms with Gasteiger partial charge in [0.1, 0.15) is 12.4 Å². The quantitative estimate of drug-likeness (QED) is 0.650. The molecule has 2 nitrogen and oxygen atoms in total. The normalized spacial score (nSPS) is 10.6. The van der Waals surface area contributed by atoms with Crippen LogP contribution in [-0.2, 0) is 13.0 Å². The molecule has 0 aromatic heterocycles. The third-order valence-electron chi connectivity index (χ3n) is 3.15. The summed E-state index contributed by atoms with van der Waals surface area (Å²) < 4.78 is 7.83. The maximum atomic E-state index is 5.84. The monoisotopic (exact) mass is 411 g/mol. The molecule has 21 heavy (non-hydrogen) atoms. The Morgan fingerprint density at radius 3 is 2.38 bits per heavy atom. The highest BCUT2D eigenvalue weighted by Gasteiger charge is 2.02. The second kappa shape index (κ2) is 8.57. The summed E-state index contributed by atoms with van der Waals surface area (Å²) in [5, 5.41) is 3.34. The van der Waals surface area contributed by atoms with Crippen molar-refractivity contribution in [2.24, 2.45) is 0 Å². The number of rotatable bonds is 7. The summed E-state index contributed by atoms with van der Waals surface area (Å²) in [7, 11) is 0. The fourth-order valence-electron chi connectivity index (χ4n) is 1.97. The molecule has 0 aliphatic carbocycles. The van der Waals surface area contributed by atoms with Crippen molar-refractivity contribution >= 4 is 31.9 Å². The van der Waals surface area contributed by atoms with E-state index in [-0.39, 0.29) is 0 Å². The van der Waals surface area contributed by atoms with E-state index in [0.717, 1.165) is 34.2 Å². The molecule has 0 amide bonds. The first-order chi connectivity index (χ1) is 10.2. The molecular formula is C17H19Br2NO. The SMILES string of the molecule is CCNCCc1ccc(COc2ccc(Br)cc2Br)cc1. The topological polar surface area (TPSA) is 21.3 Å². The van der Waals surface area contributed by atoms with Gasteiger partial charge in [0.05, 0.1) is 4.47 Å². The lowest BCUT2D eigenvalue weighted by Crippen LogP contribution is -2.15. The van der Waals surface area contributed by atoms with Crippen LogP contribution in [0.5, 0.6) is 5.75 Å². The standard InChI is InChI=1S/C17H19Br2NO/c1-2-20-10-9-13-3-5-14(6-4-13)12-21-17-8-7-15(18)11-16(17)19/h3-8,11,20H,2,9-10,12H2,1H3. The average Bonchev–Trinajstić information content (AvgIpc) is 2.48. The molecule has 0 fully saturated rings. The second-order valence-corrected chi connectivity index (χ2v) is 6.55. The molecule has 0 saturated carbocycles. The number of hydrogen-bond acceptors (Lipinski definition) is 2. The fraction of sp³-hybridized carbons (Fsp3) is 0.294. The van der Waals surface area contributed by atoms with E-state index >= 15 is 0 Å². The van der Waals surface area contributed by atoms with Crippen LogP contribution in [0, 0.1) is 0 Å². The molecule has 0 radical (unpaired) electrons. The number of halogens is 2. The summed E-state index contributed by atoms with van der Waals surface area (Å²) in [6, 6.07) is 14.5. The zero-order chi connectivity index (χ0) is 15.1. The first kappa shape index (κ1) is 16.5. The molecular weight excluding hydrogens is 394 g/mol.